The second-order valence-corrected chi connectivity index (χ2v) is 7.06. The van der Waals surface area contributed by atoms with Gasteiger partial charge < -0.3 is 20.6 Å². The summed E-state index contributed by atoms with van der Waals surface area (Å²) in [6.07, 6.45) is 9.55. The number of hydrogen-bond acceptors (Lipinski definition) is 4. The van der Waals surface area contributed by atoms with Crippen molar-refractivity contribution in [1.82, 2.24) is 9.80 Å². The Kier molecular flexibility index (Phi) is 6.93. The maximum Gasteiger partial charge on any atom is 0.0767 e. The van der Waals surface area contributed by atoms with Crippen LogP contribution in [0.1, 0.15) is 58.3 Å². The highest BCUT2D eigenvalue weighted by Gasteiger charge is 2.26. The monoisotopic (exact) mass is 297 g/mol. The second kappa shape index (κ2) is 8.47. The summed E-state index contributed by atoms with van der Waals surface area (Å²) in [4.78, 5) is 5.30. The molecule has 4 nitrogen and oxygen atoms in total. The molecule has 21 heavy (non-hydrogen) atoms. The predicted octanol–water partition coefficient (Wildman–Crippen LogP) is 1.82. The minimum atomic E-state index is -0.633. The number of piperidine rings is 2. The van der Waals surface area contributed by atoms with Gasteiger partial charge in [0.05, 0.1) is 5.60 Å². The summed E-state index contributed by atoms with van der Waals surface area (Å²) in [6.45, 7) is 8.64. The van der Waals surface area contributed by atoms with Crippen molar-refractivity contribution in [3.05, 3.63) is 0 Å². The second-order valence-electron chi connectivity index (χ2n) is 7.06. The summed E-state index contributed by atoms with van der Waals surface area (Å²) in [5.74, 6) is 0. The van der Waals surface area contributed by atoms with Crippen molar-refractivity contribution in [2.75, 3.05) is 39.3 Å². The summed E-state index contributed by atoms with van der Waals surface area (Å²) >= 11 is 0. The van der Waals surface area contributed by atoms with Crippen molar-refractivity contribution in [2.45, 2.75) is 69.9 Å². The van der Waals surface area contributed by atoms with Gasteiger partial charge in [0.2, 0.25) is 0 Å². The molecule has 0 saturated carbocycles. The molecule has 2 aliphatic rings. The molecule has 0 radical (unpaired) electrons. The van der Waals surface area contributed by atoms with Crippen molar-refractivity contribution in [3.63, 3.8) is 0 Å². The third-order valence-corrected chi connectivity index (χ3v) is 5.62. The Bertz CT molecular complexity index is 280. The lowest BCUT2D eigenvalue weighted by Crippen LogP contribution is -2.47. The average molecular weight is 297 g/mol. The van der Waals surface area contributed by atoms with Crippen molar-refractivity contribution >= 4 is 0 Å². The number of likely N-dealkylation sites (tertiary alicyclic amines) is 2. The molecule has 4 heteroatoms. The fourth-order valence-corrected chi connectivity index (χ4v) is 3.85. The molecule has 2 heterocycles. The lowest BCUT2D eigenvalue weighted by atomic mass is 9.94. The summed E-state index contributed by atoms with van der Waals surface area (Å²) < 4.78 is 0. The van der Waals surface area contributed by atoms with Crippen LogP contribution in [0.2, 0.25) is 0 Å². The van der Waals surface area contributed by atoms with Crippen LogP contribution in [0.3, 0.4) is 0 Å². The van der Waals surface area contributed by atoms with E-state index in [0.717, 1.165) is 31.8 Å². The van der Waals surface area contributed by atoms with Gasteiger partial charge in [0.15, 0.2) is 0 Å². The molecule has 0 aromatic rings. The molecule has 0 bridgehead atoms. The number of hydrogen-bond donors (Lipinski definition) is 2. The zero-order valence-electron chi connectivity index (χ0n) is 13.9. The molecule has 2 saturated heterocycles. The summed E-state index contributed by atoms with van der Waals surface area (Å²) in [6, 6.07) is 0.832. The first-order chi connectivity index (χ1) is 10.2. The number of rotatable bonds is 7. The van der Waals surface area contributed by atoms with Gasteiger partial charge >= 0.3 is 0 Å². The van der Waals surface area contributed by atoms with Gasteiger partial charge in [-0.2, -0.15) is 0 Å². The Morgan fingerprint density at radius 2 is 1.76 bits per heavy atom. The fourth-order valence-electron chi connectivity index (χ4n) is 3.85. The van der Waals surface area contributed by atoms with Crippen molar-refractivity contribution < 1.29 is 5.11 Å². The van der Waals surface area contributed by atoms with E-state index in [2.05, 4.69) is 9.80 Å². The fraction of sp³-hybridized carbons (Fsp3) is 1.00. The Balaban J connectivity index is 1.62. The topological polar surface area (TPSA) is 52.7 Å². The van der Waals surface area contributed by atoms with E-state index in [0.29, 0.717) is 6.54 Å². The smallest absolute Gasteiger partial charge is 0.0767 e. The van der Waals surface area contributed by atoms with E-state index < -0.39 is 5.60 Å². The van der Waals surface area contributed by atoms with E-state index in [1.807, 2.05) is 6.92 Å². The molecular formula is C17H35N3O. The molecule has 124 valence electrons. The highest BCUT2D eigenvalue weighted by molar-refractivity contribution is 4.83. The molecule has 0 aromatic carbocycles. The first-order valence-electron chi connectivity index (χ1n) is 9.06. The molecular weight excluding hydrogens is 262 g/mol. The van der Waals surface area contributed by atoms with E-state index in [1.165, 1.54) is 58.3 Å². The third kappa shape index (κ3) is 5.20. The molecule has 1 atom stereocenters. The van der Waals surface area contributed by atoms with Crippen molar-refractivity contribution in [1.29, 1.82) is 0 Å². The van der Waals surface area contributed by atoms with Crippen LogP contribution in [0.4, 0.5) is 0 Å². The lowest BCUT2D eigenvalue weighted by Gasteiger charge is -2.40. The Morgan fingerprint density at radius 3 is 2.33 bits per heavy atom. The number of nitrogens with two attached hydrogens (primary N) is 1. The van der Waals surface area contributed by atoms with Crippen LogP contribution in [0.25, 0.3) is 0 Å². The van der Waals surface area contributed by atoms with Gasteiger partial charge in [0.25, 0.3) is 0 Å². The molecule has 2 aliphatic heterocycles. The first-order valence-corrected chi connectivity index (χ1v) is 9.06. The van der Waals surface area contributed by atoms with Gasteiger partial charge in [-0.05, 0) is 77.7 Å². The van der Waals surface area contributed by atoms with E-state index >= 15 is 0 Å². The van der Waals surface area contributed by atoms with Crippen LogP contribution >= 0.6 is 0 Å². The van der Waals surface area contributed by atoms with Gasteiger partial charge in [0, 0.05) is 12.6 Å². The first kappa shape index (κ1) is 17.2. The summed E-state index contributed by atoms with van der Waals surface area (Å²) in [7, 11) is 0. The van der Waals surface area contributed by atoms with E-state index in [9.17, 15) is 5.11 Å². The van der Waals surface area contributed by atoms with Gasteiger partial charge in [0.1, 0.15) is 0 Å². The van der Waals surface area contributed by atoms with Gasteiger partial charge in [-0.25, -0.2) is 0 Å². The molecule has 2 rings (SSSR count). The molecule has 0 spiro atoms. The van der Waals surface area contributed by atoms with Crippen LogP contribution < -0.4 is 5.73 Å². The van der Waals surface area contributed by atoms with E-state index in [-0.39, 0.29) is 0 Å². The zero-order chi connectivity index (χ0) is 15.1. The third-order valence-electron chi connectivity index (χ3n) is 5.62. The van der Waals surface area contributed by atoms with Crippen LogP contribution in [0, 0.1) is 0 Å². The molecule has 0 aliphatic carbocycles. The van der Waals surface area contributed by atoms with Crippen LogP contribution in [-0.4, -0.2) is 65.8 Å². The highest BCUT2D eigenvalue weighted by atomic mass is 16.3. The van der Waals surface area contributed by atoms with E-state index in [4.69, 9.17) is 5.73 Å². The Labute approximate surface area is 130 Å². The normalized spacial score (nSPS) is 25.9. The zero-order valence-corrected chi connectivity index (χ0v) is 13.9. The van der Waals surface area contributed by atoms with Crippen molar-refractivity contribution in [3.8, 4) is 0 Å². The minimum Gasteiger partial charge on any atom is -0.389 e. The van der Waals surface area contributed by atoms with Crippen LogP contribution in [-0.2, 0) is 0 Å². The van der Waals surface area contributed by atoms with Crippen molar-refractivity contribution in [2.24, 2.45) is 5.73 Å². The molecule has 3 N–H and O–H groups in total. The molecule has 1 unspecified atom stereocenters. The Hall–Kier alpha value is -0.160. The van der Waals surface area contributed by atoms with Crippen LogP contribution in [0.5, 0.6) is 0 Å². The Morgan fingerprint density at radius 1 is 1.10 bits per heavy atom. The lowest BCUT2D eigenvalue weighted by molar-refractivity contribution is 0.0290. The standard InChI is InChI=1S/C17H35N3O/c1-2-17(21,15-18)9-6-10-19-13-7-16(8-14-19)20-11-4-3-5-12-20/h16,21H,2-15,18H2,1H3. The van der Waals surface area contributed by atoms with Gasteiger partial charge in [-0.15, -0.1) is 0 Å². The SMILES string of the molecule is CCC(O)(CN)CCCN1CCC(N2CCCCC2)CC1. The van der Waals surface area contributed by atoms with Gasteiger partial charge in [-0.3, -0.25) is 0 Å². The molecule has 2 fully saturated rings. The summed E-state index contributed by atoms with van der Waals surface area (Å²) in [5, 5.41) is 10.2. The van der Waals surface area contributed by atoms with Crippen LogP contribution in [0.15, 0.2) is 0 Å². The molecule has 0 amide bonds. The largest absolute Gasteiger partial charge is 0.389 e. The molecule has 0 aromatic heterocycles. The van der Waals surface area contributed by atoms with Gasteiger partial charge in [-0.1, -0.05) is 13.3 Å². The van der Waals surface area contributed by atoms with E-state index in [1.54, 1.807) is 0 Å². The maximum absolute atomic E-state index is 10.2. The summed E-state index contributed by atoms with van der Waals surface area (Å²) in [5.41, 5.74) is 5.04. The average Bonchev–Trinajstić information content (AvgIpc) is 2.56. The maximum atomic E-state index is 10.2. The number of nitrogens with zero attached hydrogens (tertiary/aromatic N) is 2. The minimum absolute atomic E-state index is 0.389. The number of aliphatic hydroxyl groups is 1. The predicted molar refractivity (Wildman–Crippen MR) is 88.4 cm³/mol. The quantitative estimate of drug-likeness (QED) is 0.752. The highest BCUT2D eigenvalue weighted by Crippen LogP contribution is 2.22.